The fraction of sp³-hybridized carbons (Fsp3) is 0.478. The van der Waals surface area contributed by atoms with E-state index in [4.69, 9.17) is 9.47 Å². The van der Waals surface area contributed by atoms with Crippen LogP contribution >= 0.6 is 0 Å². The molecule has 1 heterocycles. The number of allylic oxidation sites excluding steroid dienone is 22. The fourth-order valence-corrected chi connectivity index (χ4v) is 6.10. The molecule has 0 aromatic rings. The number of hydrogen-bond donors (Lipinski definition) is 5. The van der Waals surface area contributed by atoms with Crippen molar-refractivity contribution in [2.75, 3.05) is 0 Å². The molecule has 7 heteroatoms. The van der Waals surface area contributed by atoms with E-state index in [0.717, 1.165) is 35.1 Å². The van der Waals surface area contributed by atoms with E-state index in [1.807, 2.05) is 62.5 Å². The Bertz CT molecular complexity index is 1580. The maximum atomic E-state index is 10.7. The van der Waals surface area contributed by atoms with Gasteiger partial charge in [-0.25, -0.2) is 0 Å². The average molecular weight is 731 g/mol. The van der Waals surface area contributed by atoms with Crippen molar-refractivity contribution in [1.29, 1.82) is 0 Å². The van der Waals surface area contributed by atoms with Crippen molar-refractivity contribution in [3.63, 3.8) is 0 Å². The van der Waals surface area contributed by atoms with Crippen LogP contribution in [0.2, 0.25) is 0 Å². The van der Waals surface area contributed by atoms with Gasteiger partial charge in [-0.3, -0.25) is 0 Å². The number of hydrogen-bond acceptors (Lipinski definition) is 7. The Morgan fingerprint density at radius 3 is 1.64 bits per heavy atom. The SMILES string of the molecule is CC1=C(/C=C/C(C)=C/C=C/C(C)=C/C=C/C=C(C)/C=C/C=C(C)/C=C/C=C(C)/C=C/C(O[C@@H]2O[C@@H](C)[C@H](O)[C@@H](O)[C@H]2O)C(C)(C)O)C(C)(C)C[C@@H](O)C1. The predicted molar refractivity (Wildman–Crippen MR) is 219 cm³/mol. The van der Waals surface area contributed by atoms with Gasteiger partial charge in [-0.1, -0.05) is 151 Å². The number of rotatable bonds is 15. The van der Waals surface area contributed by atoms with Gasteiger partial charge in [0.25, 0.3) is 0 Å². The Morgan fingerprint density at radius 2 is 1.17 bits per heavy atom. The first-order valence-corrected chi connectivity index (χ1v) is 18.6. The van der Waals surface area contributed by atoms with E-state index in [-0.39, 0.29) is 11.5 Å². The molecule has 5 N–H and O–H groups in total. The summed E-state index contributed by atoms with van der Waals surface area (Å²) in [6, 6.07) is 0. The van der Waals surface area contributed by atoms with E-state index < -0.39 is 42.4 Å². The van der Waals surface area contributed by atoms with Gasteiger partial charge in [0.2, 0.25) is 0 Å². The van der Waals surface area contributed by atoms with E-state index >= 15 is 0 Å². The standard InChI is InChI=1S/C46H66O7/c1-31(17-12-13-18-32(2)20-15-23-34(4)25-27-39-36(6)29-38(47)30-45(39,8)9)19-14-21-33(3)22-16-24-35(5)26-28-40(46(10,11)51)53-44-43(50)42(49)41(48)37(7)52-44/h12-28,37-38,40-44,47-51H,29-30H2,1-11H3/b13-12+,19-14+,20-15+,22-16+,27-25+,28-26+,31-17+,32-18+,33-21+,34-23+,35-24+/t37-,38-,40?,41-,42+,43+,44-/m0/s1. The molecule has 1 aliphatic carbocycles. The first kappa shape index (κ1) is 45.8. The molecule has 0 spiro atoms. The van der Waals surface area contributed by atoms with Crippen LogP contribution < -0.4 is 0 Å². The summed E-state index contributed by atoms with van der Waals surface area (Å²) in [5, 5.41) is 51.2. The lowest BCUT2D eigenvalue weighted by Gasteiger charge is -2.41. The Morgan fingerprint density at radius 1 is 0.717 bits per heavy atom. The molecule has 0 radical (unpaired) electrons. The third-order valence-corrected chi connectivity index (χ3v) is 9.29. The highest BCUT2D eigenvalue weighted by atomic mass is 16.7. The molecular formula is C46H66O7. The minimum Gasteiger partial charge on any atom is -0.393 e. The van der Waals surface area contributed by atoms with Gasteiger partial charge in [0.05, 0.1) is 17.8 Å². The summed E-state index contributed by atoms with van der Waals surface area (Å²) in [5.74, 6) is 0. The molecule has 7 nitrogen and oxygen atoms in total. The molecule has 1 aliphatic heterocycles. The van der Waals surface area contributed by atoms with Crippen LogP contribution in [-0.2, 0) is 9.47 Å². The summed E-state index contributed by atoms with van der Waals surface area (Å²) in [6.45, 7) is 21.5. The van der Waals surface area contributed by atoms with Crippen molar-refractivity contribution in [1.82, 2.24) is 0 Å². The zero-order valence-electron chi connectivity index (χ0n) is 33.8. The Hall–Kier alpha value is -3.40. The van der Waals surface area contributed by atoms with Gasteiger partial charge in [-0.2, -0.15) is 0 Å². The maximum absolute atomic E-state index is 10.7. The third-order valence-electron chi connectivity index (χ3n) is 9.29. The second-order valence-electron chi connectivity index (χ2n) is 15.7. The van der Waals surface area contributed by atoms with Crippen molar-refractivity contribution >= 4 is 0 Å². The lowest BCUT2D eigenvalue weighted by molar-refractivity contribution is -0.309. The average Bonchev–Trinajstić information content (AvgIpc) is 3.04. The van der Waals surface area contributed by atoms with Crippen LogP contribution in [0, 0.1) is 5.41 Å². The molecule has 1 saturated heterocycles. The fourth-order valence-electron chi connectivity index (χ4n) is 6.10. The van der Waals surface area contributed by atoms with Crippen LogP contribution in [0.25, 0.3) is 0 Å². The van der Waals surface area contributed by atoms with E-state index in [9.17, 15) is 25.5 Å². The molecule has 0 saturated carbocycles. The second-order valence-corrected chi connectivity index (χ2v) is 15.7. The highest BCUT2D eigenvalue weighted by Crippen LogP contribution is 2.41. The van der Waals surface area contributed by atoms with Gasteiger partial charge in [-0.05, 0) is 86.1 Å². The molecule has 7 atom stereocenters. The highest BCUT2D eigenvalue weighted by molar-refractivity contribution is 5.38. The lowest BCUT2D eigenvalue weighted by Crippen LogP contribution is -2.58. The molecule has 1 fully saturated rings. The van der Waals surface area contributed by atoms with Crippen molar-refractivity contribution in [3.8, 4) is 0 Å². The van der Waals surface area contributed by atoms with Gasteiger partial charge in [0.15, 0.2) is 6.29 Å². The van der Waals surface area contributed by atoms with Crippen LogP contribution in [0.1, 0.15) is 89.0 Å². The zero-order chi connectivity index (χ0) is 39.9. The largest absolute Gasteiger partial charge is 0.393 e. The highest BCUT2D eigenvalue weighted by Gasteiger charge is 2.44. The molecule has 2 rings (SSSR count). The second kappa shape index (κ2) is 21.5. The number of aliphatic hydroxyl groups is 5. The lowest BCUT2D eigenvalue weighted by atomic mass is 9.71. The predicted octanol–water partition coefficient (Wildman–Crippen LogP) is 8.54. The Kier molecular flexibility index (Phi) is 18.5. The molecule has 2 aliphatic rings. The molecule has 53 heavy (non-hydrogen) atoms. The summed E-state index contributed by atoms with van der Waals surface area (Å²) < 4.78 is 11.4. The maximum Gasteiger partial charge on any atom is 0.187 e. The quantitative estimate of drug-likeness (QED) is 0.107. The van der Waals surface area contributed by atoms with Crippen LogP contribution in [0.4, 0.5) is 0 Å². The normalized spacial score (nSPS) is 28.3. The topological polar surface area (TPSA) is 120 Å². The zero-order valence-corrected chi connectivity index (χ0v) is 33.8. The molecular weight excluding hydrogens is 664 g/mol. The van der Waals surface area contributed by atoms with Crippen molar-refractivity contribution in [2.45, 2.75) is 138 Å². The molecule has 0 aromatic carbocycles. The minimum atomic E-state index is -1.45. The Balaban J connectivity index is 1.90. The van der Waals surface area contributed by atoms with Crippen molar-refractivity contribution < 1.29 is 35.0 Å². The monoisotopic (exact) mass is 730 g/mol. The number of aliphatic hydroxyl groups excluding tert-OH is 4. The van der Waals surface area contributed by atoms with E-state index in [1.165, 1.54) is 16.7 Å². The summed E-state index contributed by atoms with van der Waals surface area (Å²) in [7, 11) is 0. The molecule has 0 amide bonds. The van der Waals surface area contributed by atoms with Gasteiger partial charge in [-0.15, -0.1) is 0 Å². The van der Waals surface area contributed by atoms with Gasteiger partial charge in [0.1, 0.15) is 24.4 Å². The van der Waals surface area contributed by atoms with E-state index in [0.29, 0.717) is 0 Å². The molecule has 1 unspecified atom stereocenters. The summed E-state index contributed by atoms with van der Waals surface area (Å²) in [5.41, 5.74) is 6.72. The van der Waals surface area contributed by atoms with Crippen LogP contribution in [0.15, 0.2) is 142 Å². The molecule has 292 valence electrons. The van der Waals surface area contributed by atoms with Crippen molar-refractivity contribution in [2.24, 2.45) is 5.41 Å². The van der Waals surface area contributed by atoms with Crippen LogP contribution in [-0.4, -0.2) is 74.0 Å². The third kappa shape index (κ3) is 16.2. The van der Waals surface area contributed by atoms with Crippen LogP contribution in [0.3, 0.4) is 0 Å². The molecule has 0 bridgehead atoms. The summed E-state index contributed by atoms with van der Waals surface area (Å²) >= 11 is 0. The smallest absolute Gasteiger partial charge is 0.187 e. The van der Waals surface area contributed by atoms with E-state index in [1.54, 1.807) is 26.8 Å². The minimum absolute atomic E-state index is 0.0186. The summed E-state index contributed by atoms with van der Waals surface area (Å²) in [4.78, 5) is 0. The summed E-state index contributed by atoms with van der Waals surface area (Å²) in [6.07, 6.45) is 28.8. The Labute approximate surface area is 319 Å². The molecule has 0 aromatic heterocycles. The van der Waals surface area contributed by atoms with Gasteiger partial charge < -0.3 is 35.0 Å². The van der Waals surface area contributed by atoms with Gasteiger partial charge >= 0.3 is 0 Å². The van der Waals surface area contributed by atoms with Crippen LogP contribution in [0.5, 0.6) is 0 Å². The first-order chi connectivity index (χ1) is 24.7. The van der Waals surface area contributed by atoms with Crippen molar-refractivity contribution in [3.05, 3.63) is 142 Å². The van der Waals surface area contributed by atoms with E-state index in [2.05, 4.69) is 90.2 Å². The first-order valence-electron chi connectivity index (χ1n) is 18.6. The van der Waals surface area contributed by atoms with Gasteiger partial charge in [0, 0.05) is 0 Å². The number of ether oxygens (including phenoxy) is 2.